The number of benzene rings is 2. The Morgan fingerprint density at radius 1 is 0.964 bits per heavy atom. The van der Waals surface area contributed by atoms with Crippen molar-refractivity contribution >= 4 is 23.2 Å². The number of para-hydroxylation sites is 1. The first-order valence-corrected chi connectivity index (χ1v) is 9.77. The Labute approximate surface area is 165 Å². The number of morpholine rings is 1. The zero-order valence-corrected chi connectivity index (χ0v) is 15.9. The molecule has 2 aromatic rings. The summed E-state index contributed by atoms with van der Waals surface area (Å²) in [5.74, 6) is -0.207. The Morgan fingerprint density at radius 2 is 1.71 bits per heavy atom. The molecular weight excluding hydrogens is 354 g/mol. The molecule has 0 unspecified atom stereocenters. The fourth-order valence-electron chi connectivity index (χ4n) is 3.76. The van der Waals surface area contributed by atoms with Gasteiger partial charge in [-0.2, -0.15) is 0 Å². The van der Waals surface area contributed by atoms with E-state index in [-0.39, 0.29) is 24.8 Å². The van der Waals surface area contributed by atoms with E-state index in [0.29, 0.717) is 6.54 Å². The lowest BCUT2D eigenvalue weighted by molar-refractivity contribution is -0.124. The van der Waals surface area contributed by atoms with Crippen LogP contribution in [-0.2, 0) is 27.2 Å². The van der Waals surface area contributed by atoms with Crippen LogP contribution in [-0.4, -0.2) is 51.2 Å². The first kappa shape index (κ1) is 18.5. The van der Waals surface area contributed by atoms with Crippen LogP contribution in [0.15, 0.2) is 48.5 Å². The molecule has 2 aliphatic heterocycles. The summed E-state index contributed by atoms with van der Waals surface area (Å²) in [5.41, 5.74) is 4.23. The maximum Gasteiger partial charge on any atom is 0.246 e. The molecule has 1 fully saturated rings. The summed E-state index contributed by atoms with van der Waals surface area (Å²) < 4.78 is 5.37. The Kier molecular flexibility index (Phi) is 5.58. The van der Waals surface area contributed by atoms with Crippen LogP contribution in [0.4, 0.5) is 11.4 Å². The molecule has 0 atom stereocenters. The van der Waals surface area contributed by atoms with Crippen LogP contribution in [0.1, 0.15) is 11.1 Å². The SMILES string of the molecule is O=C(Cc1ccc(N2CCOCC2)cc1)NCC(=O)N1CCc2ccccc21. The maximum absolute atomic E-state index is 12.5. The van der Waals surface area contributed by atoms with Crippen molar-refractivity contribution in [1.82, 2.24) is 5.32 Å². The number of nitrogens with one attached hydrogen (secondary N) is 1. The smallest absolute Gasteiger partial charge is 0.246 e. The molecule has 2 heterocycles. The molecule has 2 aromatic carbocycles. The van der Waals surface area contributed by atoms with Gasteiger partial charge in [0.1, 0.15) is 0 Å². The summed E-state index contributed by atoms with van der Waals surface area (Å²) in [4.78, 5) is 28.8. The number of carbonyl (C=O) groups is 2. The van der Waals surface area contributed by atoms with Gasteiger partial charge in [0, 0.05) is 31.0 Å². The highest BCUT2D eigenvalue weighted by molar-refractivity contribution is 5.98. The maximum atomic E-state index is 12.5. The van der Waals surface area contributed by atoms with Crippen molar-refractivity contribution in [2.75, 3.05) is 49.2 Å². The van der Waals surface area contributed by atoms with Crippen molar-refractivity contribution in [1.29, 1.82) is 0 Å². The van der Waals surface area contributed by atoms with Gasteiger partial charge in [-0.15, -0.1) is 0 Å². The largest absolute Gasteiger partial charge is 0.378 e. The summed E-state index contributed by atoms with van der Waals surface area (Å²) in [6.07, 6.45) is 1.14. The Balaban J connectivity index is 1.27. The fraction of sp³-hybridized carbons (Fsp3) is 0.364. The highest BCUT2D eigenvalue weighted by Gasteiger charge is 2.24. The minimum atomic E-state index is -0.139. The van der Waals surface area contributed by atoms with E-state index in [2.05, 4.69) is 10.2 Å². The van der Waals surface area contributed by atoms with Gasteiger partial charge >= 0.3 is 0 Å². The van der Waals surface area contributed by atoms with Gasteiger partial charge in [0.2, 0.25) is 11.8 Å². The normalized spacial score (nSPS) is 16.0. The van der Waals surface area contributed by atoms with Gasteiger partial charge in [-0.3, -0.25) is 9.59 Å². The number of nitrogens with zero attached hydrogens (tertiary/aromatic N) is 2. The van der Waals surface area contributed by atoms with Crippen LogP contribution in [0.2, 0.25) is 0 Å². The molecule has 0 aliphatic carbocycles. The number of hydrogen-bond acceptors (Lipinski definition) is 4. The lowest BCUT2D eigenvalue weighted by Crippen LogP contribution is -2.39. The Morgan fingerprint density at radius 3 is 2.50 bits per heavy atom. The van der Waals surface area contributed by atoms with E-state index in [4.69, 9.17) is 4.74 Å². The third-order valence-electron chi connectivity index (χ3n) is 5.30. The van der Waals surface area contributed by atoms with E-state index in [1.54, 1.807) is 4.90 Å². The Bertz CT molecular complexity index is 844. The molecule has 0 radical (unpaired) electrons. The Hall–Kier alpha value is -2.86. The average molecular weight is 379 g/mol. The molecule has 2 amide bonds. The number of amides is 2. The minimum Gasteiger partial charge on any atom is -0.378 e. The van der Waals surface area contributed by atoms with Crippen LogP contribution in [0.5, 0.6) is 0 Å². The predicted octanol–water partition coefficient (Wildman–Crippen LogP) is 1.77. The van der Waals surface area contributed by atoms with Gasteiger partial charge in [0.15, 0.2) is 0 Å². The standard InChI is InChI=1S/C22H25N3O3/c26-21(15-17-5-7-19(8-6-17)24-11-13-28-14-12-24)23-16-22(27)25-10-9-18-3-1-2-4-20(18)25/h1-8H,9-16H2,(H,23,26). The second kappa shape index (κ2) is 8.44. The summed E-state index contributed by atoms with van der Waals surface area (Å²) in [7, 11) is 0. The summed E-state index contributed by atoms with van der Waals surface area (Å²) in [6, 6.07) is 16.0. The number of carbonyl (C=O) groups excluding carboxylic acids is 2. The van der Waals surface area contributed by atoms with Crippen LogP contribution in [0.25, 0.3) is 0 Å². The number of rotatable bonds is 5. The number of fused-ring (bicyclic) bond motifs is 1. The monoisotopic (exact) mass is 379 g/mol. The van der Waals surface area contributed by atoms with E-state index < -0.39 is 0 Å². The summed E-state index contributed by atoms with van der Waals surface area (Å²) in [6.45, 7) is 3.98. The van der Waals surface area contributed by atoms with Gasteiger partial charge in [-0.05, 0) is 35.7 Å². The zero-order chi connectivity index (χ0) is 19.3. The molecule has 4 rings (SSSR count). The summed E-state index contributed by atoms with van der Waals surface area (Å²) in [5, 5.41) is 2.76. The predicted molar refractivity (Wildman–Crippen MR) is 109 cm³/mol. The molecule has 2 aliphatic rings. The van der Waals surface area contributed by atoms with Crippen molar-refractivity contribution < 1.29 is 14.3 Å². The highest BCUT2D eigenvalue weighted by atomic mass is 16.5. The van der Waals surface area contributed by atoms with Gasteiger partial charge < -0.3 is 19.9 Å². The third-order valence-corrected chi connectivity index (χ3v) is 5.30. The molecule has 0 saturated carbocycles. The van der Waals surface area contributed by atoms with Gasteiger partial charge in [0.25, 0.3) is 0 Å². The van der Waals surface area contributed by atoms with E-state index >= 15 is 0 Å². The second-order valence-electron chi connectivity index (χ2n) is 7.14. The van der Waals surface area contributed by atoms with E-state index in [1.165, 1.54) is 5.56 Å². The molecule has 6 heteroatoms. The first-order chi connectivity index (χ1) is 13.7. The van der Waals surface area contributed by atoms with Crippen molar-refractivity contribution in [3.63, 3.8) is 0 Å². The lowest BCUT2D eigenvalue weighted by Gasteiger charge is -2.28. The molecular formula is C22H25N3O3. The molecule has 146 valence electrons. The molecule has 1 N–H and O–H groups in total. The number of anilines is 2. The highest BCUT2D eigenvalue weighted by Crippen LogP contribution is 2.27. The van der Waals surface area contributed by atoms with Gasteiger partial charge in [-0.25, -0.2) is 0 Å². The van der Waals surface area contributed by atoms with Crippen LogP contribution < -0.4 is 15.1 Å². The quantitative estimate of drug-likeness (QED) is 0.860. The topological polar surface area (TPSA) is 61.9 Å². The van der Waals surface area contributed by atoms with Crippen LogP contribution >= 0.6 is 0 Å². The molecule has 0 bridgehead atoms. The average Bonchev–Trinajstić information content (AvgIpc) is 3.17. The molecule has 28 heavy (non-hydrogen) atoms. The fourth-order valence-corrected chi connectivity index (χ4v) is 3.76. The minimum absolute atomic E-state index is 0.0268. The number of hydrogen-bond donors (Lipinski definition) is 1. The van der Waals surface area contributed by atoms with Gasteiger partial charge in [-0.1, -0.05) is 30.3 Å². The van der Waals surface area contributed by atoms with Gasteiger partial charge in [0.05, 0.1) is 26.2 Å². The van der Waals surface area contributed by atoms with Crippen LogP contribution in [0.3, 0.4) is 0 Å². The first-order valence-electron chi connectivity index (χ1n) is 9.77. The molecule has 0 spiro atoms. The third kappa shape index (κ3) is 4.17. The molecule has 6 nitrogen and oxygen atoms in total. The zero-order valence-electron chi connectivity index (χ0n) is 15.9. The summed E-state index contributed by atoms with van der Waals surface area (Å²) >= 11 is 0. The van der Waals surface area contributed by atoms with E-state index in [9.17, 15) is 9.59 Å². The van der Waals surface area contributed by atoms with Crippen molar-refractivity contribution in [3.8, 4) is 0 Å². The van der Waals surface area contributed by atoms with Crippen molar-refractivity contribution in [2.45, 2.75) is 12.8 Å². The lowest BCUT2D eigenvalue weighted by atomic mass is 10.1. The van der Waals surface area contributed by atoms with E-state index in [1.807, 2.05) is 48.5 Å². The van der Waals surface area contributed by atoms with Crippen LogP contribution in [0, 0.1) is 0 Å². The van der Waals surface area contributed by atoms with Crippen molar-refractivity contribution in [2.24, 2.45) is 0 Å². The molecule has 0 aromatic heterocycles. The molecule has 1 saturated heterocycles. The second-order valence-corrected chi connectivity index (χ2v) is 7.14. The number of ether oxygens (including phenoxy) is 1. The van der Waals surface area contributed by atoms with Crippen molar-refractivity contribution in [3.05, 3.63) is 59.7 Å². The van der Waals surface area contributed by atoms with E-state index in [0.717, 1.165) is 49.7 Å².